The van der Waals surface area contributed by atoms with Gasteiger partial charge in [-0.3, -0.25) is 9.78 Å². The van der Waals surface area contributed by atoms with Crippen LogP contribution in [0.1, 0.15) is 18.4 Å². The molecular formula is C13H18N4O3. The van der Waals surface area contributed by atoms with Crippen LogP contribution in [0.4, 0.5) is 5.69 Å². The molecule has 1 saturated heterocycles. The van der Waals surface area contributed by atoms with Crippen LogP contribution in [-0.4, -0.2) is 35.1 Å². The average molecular weight is 278 g/mol. The van der Waals surface area contributed by atoms with Crippen molar-refractivity contribution in [2.45, 2.75) is 19.8 Å². The van der Waals surface area contributed by atoms with E-state index >= 15 is 0 Å². The molecule has 0 atom stereocenters. The Hall–Kier alpha value is -2.15. The zero-order valence-corrected chi connectivity index (χ0v) is 11.3. The van der Waals surface area contributed by atoms with Gasteiger partial charge in [0.2, 0.25) is 5.91 Å². The van der Waals surface area contributed by atoms with E-state index in [1.54, 1.807) is 12.4 Å². The number of pyridine rings is 1. The fraction of sp³-hybridized carbons (Fsp3) is 0.462. The fourth-order valence-corrected chi connectivity index (χ4v) is 2.29. The lowest BCUT2D eigenvalue weighted by Crippen LogP contribution is -2.50. The van der Waals surface area contributed by atoms with Gasteiger partial charge in [-0.1, -0.05) is 5.16 Å². The Morgan fingerprint density at radius 3 is 2.80 bits per heavy atom. The van der Waals surface area contributed by atoms with Crippen LogP contribution in [0.25, 0.3) is 0 Å². The first-order valence-electron chi connectivity index (χ1n) is 6.37. The smallest absolute Gasteiger partial charge is 0.238 e. The van der Waals surface area contributed by atoms with Crippen LogP contribution in [0.5, 0.6) is 0 Å². The maximum Gasteiger partial charge on any atom is 0.238 e. The zero-order valence-electron chi connectivity index (χ0n) is 11.3. The SMILES string of the molecule is Cc1cncc(NC(=O)C2(/C(N)=N/O)CCOCC2)c1. The van der Waals surface area contributed by atoms with E-state index < -0.39 is 5.41 Å². The highest BCUT2D eigenvalue weighted by Crippen LogP contribution is 2.32. The van der Waals surface area contributed by atoms with Crippen LogP contribution in [0.15, 0.2) is 23.6 Å². The molecule has 7 nitrogen and oxygen atoms in total. The minimum absolute atomic E-state index is 0.0843. The average Bonchev–Trinajstić information content (AvgIpc) is 2.47. The lowest BCUT2D eigenvalue weighted by Gasteiger charge is -2.34. The topological polar surface area (TPSA) is 110 Å². The van der Waals surface area contributed by atoms with E-state index in [1.807, 2.05) is 13.0 Å². The minimum atomic E-state index is -1.03. The molecule has 1 aromatic heterocycles. The predicted octanol–water partition coefficient (Wildman–Crippen LogP) is 0.872. The normalized spacial score (nSPS) is 18.6. The van der Waals surface area contributed by atoms with Crippen molar-refractivity contribution in [3.63, 3.8) is 0 Å². The standard InChI is InChI=1S/C13H18N4O3/c1-9-6-10(8-15-7-9)16-12(18)13(11(14)17-19)2-4-20-5-3-13/h6-8,19H,2-5H2,1H3,(H2,14,17)(H,16,18). The first-order chi connectivity index (χ1) is 9.58. The van der Waals surface area contributed by atoms with Gasteiger partial charge in [0.15, 0.2) is 5.84 Å². The van der Waals surface area contributed by atoms with Crippen molar-refractivity contribution in [3.05, 3.63) is 24.0 Å². The number of aromatic nitrogens is 1. The molecule has 1 fully saturated rings. The molecule has 7 heteroatoms. The molecule has 0 spiro atoms. The number of oxime groups is 1. The summed E-state index contributed by atoms with van der Waals surface area (Å²) in [5.41, 5.74) is 6.23. The number of hydrogen-bond donors (Lipinski definition) is 3. The Morgan fingerprint density at radius 2 is 2.20 bits per heavy atom. The van der Waals surface area contributed by atoms with E-state index in [-0.39, 0.29) is 11.7 Å². The predicted molar refractivity (Wildman–Crippen MR) is 73.5 cm³/mol. The highest BCUT2D eigenvalue weighted by Gasteiger charge is 2.44. The Bertz CT molecular complexity index is 524. The third kappa shape index (κ3) is 2.72. The number of nitrogens with zero attached hydrogens (tertiary/aromatic N) is 2. The number of amides is 1. The number of hydrogen-bond acceptors (Lipinski definition) is 5. The molecule has 1 aromatic rings. The van der Waals surface area contributed by atoms with E-state index in [1.165, 1.54) is 0 Å². The molecule has 1 aliphatic rings. The van der Waals surface area contributed by atoms with Crippen LogP contribution < -0.4 is 11.1 Å². The molecule has 0 radical (unpaired) electrons. The Morgan fingerprint density at radius 1 is 1.50 bits per heavy atom. The Balaban J connectivity index is 2.23. The second-order valence-electron chi connectivity index (χ2n) is 4.88. The molecule has 0 unspecified atom stereocenters. The van der Waals surface area contributed by atoms with E-state index in [0.717, 1.165) is 5.56 Å². The number of amidine groups is 1. The van der Waals surface area contributed by atoms with E-state index in [0.29, 0.717) is 31.7 Å². The maximum absolute atomic E-state index is 12.5. The summed E-state index contributed by atoms with van der Waals surface area (Å²) in [5.74, 6) is -0.387. The molecule has 1 amide bonds. The number of aryl methyl sites for hydroxylation is 1. The monoisotopic (exact) mass is 278 g/mol. The number of carbonyl (C=O) groups is 1. The summed E-state index contributed by atoms with van der Waals surface area (Å²) in [6.07, 6.45) is 4.02. The molecular weight excluding hydrogens is 260 g/mol. The van der Waals surface area contributed by atoms with Gasteiger partial charge in [-0.2, -0.15) is 0 Å². The number of anilines is 1. The molecule has 4 N–H and O–H groups in total. The van der Waals surface area contributed by atoms with Gasteiger partial charge < -0.3 is 21.0 Å². The van der Waals surface area contributed by atoms with Crippen LogP contribution in [0.3, 0.4) is 0 Å². The minimum Gasteiger partial charge on any atom is -0.409 e. The van der Waals surface area contributed by atoms with Gasteiger partial charge in [-0.05, 0) is 31.4 Å². The number of nitrogens with one attached hydrogen (secondary N) is 1. The summed E-state index contributed by atoms with van der Waals surface area (Å²) in [6, 6.07) is 1.81. The summed E-state index contributed by atoms with van der Waals surface area (Å²) in [6.45, 7) is 2.68. The van der Waals surface area contributed by atoms with E-state index in [9.17, 15) is 4.79 Å². The zero-order chi connectivity index (χ0) is 14.6. The lowest BCUT2D eigenvalue weighted by molar-refractivity contribution is -0.126. The first-order valence-corrected chi connectivity index (χ1v) is 6.37. The van der Waals surface area contributed by atoms with Gasteiger partial charge in [-0.25, -0.2) is 0 Å². The molecule has 0 aromatic carbocycles. The third-order valence-corrected chi connectivity index (χ3v) is 3.51. The number of nitrogens with two attached hydrogens (primary N) is 1. The number of ether oxygens (including phenoxy) is 1. The van der Waals surface area contributed by atoms with Gasteiger partial charge in [0.05, 0.1) is 11.9 Å². The third-order valence-electron chi connectivity index (χ3n) is 3.51. The summed E-state index contributed by atoms with van der Waals surface area (Å²) in [4.78, 5) is 16.6. The molecule has 1 aliphatic heterocycles. The molecule has 2 rings (SSSR count). The highest BCUT2D eigenvalue weighted by molar-refractivity contribution is 6.11. The van der Waals surface area contributed by atoms with Crippen LogP contribution in [-0.2, 0) is 9.53 Å². The summed E-state index contributed by atoms with van der Waals surface area (Å²) in [7, 11) is 0. The Kier molecular flexibility index (Phi) is 4.19. The second kappa shape index (κ2) is 5.87. The first kappa shape index (κ1) is 14.3. The quantitative estimate of drug-likeness (QED) is 0.329. The largest absolute Gasteiger partial charge is 0.409 e. The van der Waals surface area contributed by atoms with Crippen LogP contribution in [0, 0.1) is 12.3 Å². The molecule has 20 heavy (non-hydrogen) atoms. The van der Waals surface area contributed by atoms with Gasteiger partial charge >= 0.3 is 0 Å². The molecule has 2 heterocycles. The number of rotatable bonds is 3. The van der Waals surface area contributed by atoms with Gasteiger partial charge in [0.25, 0.3) is 0 Å². The van der Waals surface area contributed by atoms with Crippen LogP contribution >= 0.6 is 0 Å². The summed E-state index contributed by atoms with van der Waals surface area (Å²) >= 11 is 0. The van der Waals surface area contributed by atoms with Crippen molar-refractivity contribution in [1.82, 2.24) is 4.98 Å². The van der Waals surface area contributed by atoms with Gasteiger partial charge in [-0.15, -0.1) is 0 Å². The second-order valence-corrected chi connectivity index (χ2v) is 4.88. The van der Waals surface area contributed by atoms with Gasteiger partial charge in [0.1, 0.15) is 5.41 Å². The van der Waals surface area contributed by atoms with Crippen molar-refractivity contribution in [2.75, 3.05) is 18.5 Å². The highest BCUT2D eigenvalue weighted by atomic mass is 16.5. The van der Waals surface area contributed by atoms with Crippen molar-refractivity contribution in [3.8, 4) is 0 Å². The van der Waals surface area contributed by atoms with Crippen molar-refractivity contribution in [1.29, 1.82) is 0 Å². The lowest BCUT2D eigenvalue weighted by atomic mass is 9.78. The molecule has 0 bridgehead atoms. The number of carbonyl (C=O) groups excluding carboxylic acids is 1. The summed E-state index contributed by atoms with van der Waals surface area (Å²) < 4.78 is 5.25. The van der Waals surface area contributed by atoms with Crippen molar-refractivity contribution >= 4 is 17.4 Å². The fourth-order valence-electron chi connectivity index (χ4n) is 2.29. The molecule has 108 valence electrons. The molecule has 0 saturated carbocycles. The van der Waals surface area contributed by atoms with Gasteiger partial charge in [0, 0.05) is 19.4 Å². The van der Waals surface area contributed by atoms with E-state index in [4.69, 9.17) is 15.7 Å². The van der Waals surface area contributed by atoms with Crippen molar-refractivity contribution in [2.24, 2.45) is 16.3 Å². The molecule has 0 aliphatic carbocycles. The maximum atomic E-state index is 12.5. The summed E-state index contributed by atoms with van der Waals surface area (Å²) in [5, 5.41) is 14.7. The van der Waals surface area contributed by atoms with Crippen molar-refractivity contribution < 1.29 is 14.7 Å². The van der Waals surface area contributed by atoms with Crippen LogP contribution in [0.2, 0.25) is 0 Å². The van der Waals surface area contributed by atoms with E-state index in [2.05, 4.69) is 15.5 Å². The Labute approximate surface area is 116 Å².